The number of benzene rings is 1. The molecule has 2 aromatic heterocycles. The molecule has 2 heterocycles. The van der Waals surface area contributed by atoms with Gasteiger partial charge in [0.1, 0.15) is 0 Å². The van der Waals surface area contributed by atoms with Gasteiger partial charge >= 0.3 is 0 Å². The summed E-state index contributed by atoms with van der Waals surface area (Å²) in [5, 5.41) is 11.4. The normalized spacial score (nSPS) is 10.8. The number of carbonyl (C=O) groups excluding carboxylic acids is 1. The fourth-order valence-electron chi connectivity index (χ4n) is 2.54. The van der Waals surface area contributed by atoms with Crippen LogP contribution in [0, 0.1) is 0 Å². The largest absolute Gasteiger partial charge is 0.348 e. The van der Waals surface area contributed by atoms with Gasteiger partial charge in [-0.25, -0.2) is 0 Å². The second-order valence-electron chi connectivity index (χ2n) is 5.78. The summed E-state index contributed by atoms with van der Waals surface area (Å²) in [4.78, 5) is 12.4. The molecule has 1 amide bonds. The van der Waals surface area contributed by atoms with Gasteiger partial charge in [0.05, 0.1) is 12.4 Å². The third-order valence-corrected chi connectivity index (χ3v) is 3.76. The van der Waals surface area contributed by atoms with E-state index in [-0.39, 0.29) is 5.91 Å². The summed E-state index contributed by atoms with van der Waals surface area (Å²) in [6, 6.07) is 7.56. The van der Waals surface area contributed by atoms with E-state index < -0.39 is 0 Å². The van der Waals surface area contributed by atoms with Crippen molar-refractivity contribution in [3.8, 4) is 11.1 Å². The lowest BCUT2D eigenvalue weighted by Crippen LogP contribution is -2.22. The lowest BCUT2D eigenvalue weighted by atomic mass is 10.1. The minimum Gasteiger partial charge on any atom is -0.348 e. The third-order valence-electron chi connectivity index (χ3n) is 3.76. The topological polar surface area (TPSA) is 64.7 Å². The minimum absolute atomic E-state index is 0.0935. The Morgan fingerprint density at radius 1 is 1.17 bits per heavy atom. The van der Waals surface area contributed by atoms with Crippen LogP contribution in [0.1, 0.15) is 29.3 Å². The molecule has 0 fully saturated rings. The second kappa shape index (κ2) is 7.12. The van der Waals surface area contributed by atoms with E-state index in [1.54, 1.807) is 17.1 Å². The summed E-state index contributed by atoms with van der Waals surface area (Å²) in [6.45, 7) is 3.47. The van der Waals surface area contributed by atoms with Gasteiger partial charge in [-0.2, -0.15) is 10.2 Å². The standard InChI is InChI=1S/C18H21N5O/c1-3-7-23-12-14(10-21-23)9-19-18(24)16-6-4-5-15(8-16)17-11-20-22(2)13-17/h4-6,8,10-13H,3,7,9H2,1-2H3,(H,19,24). The first-order chi connectivity index (χ1) is 11.7. The quantitative estimate of drug-likeness (QED) is 0.758. The lowest BCUT2D eigenvalue weighted by Gasteiger charge is -2.05. The molecule has 0 saturated carbocycles. The van der Waals surface area contributed by atoms with Crippen LogP contribution < -0.4 is 5.32 Å². The van der Waals surface area contributed by atoms with Crippen molar-refractivity contribution in [1.29, 1.82) is 0 Å². The van der Waals surface area contributed by atoms with Gasteiger partial charge in [0.25, 0.3) is 5.91 Å². The Balaban J connectivity index is 1.66. The molecular weight excluding hydrogens is 302 g/mol. The second-order valence-corrected chi connectivity index (χ2v) is 5.78. The summed E-state index contributed by atoms with van der Waals surface area (Å²) < 4.78 is 3.64. The van der Waals surface area contributed by atoms with Gasteiger partial charge in [0.2, 0.25) is 0 Å². The van der Waals surface area contributed by atoms with Crippen LogP contribution in [0.4, 0.5) is 0 Å². The van der Waals surface area contributed by atoms with E-state index in [0.29, 0.717) is 12.1 Å². The predicted octanol–water partition coefficient (Wildman–Crippen LogP) is 2.62. The summed E-state index contributed by atoms with van der Waals surface area (Å²) in [6.07, 6.45) is 8.52. The molecule has 0 unspecified atom stereocenters. The molecule has 0 bridgehead atoms. The predicted molar refractivity (Wildman–Crippen MR) is 92.3 cm³/mol. The SMILES string of the molecule is CCCn1cc(CNC(=O)c2cccc(-c3cnn(C)c3)c2)cn1. The number of hydrogen-bond donors (Lipinski definition) is 1. The Morgan fingerprint density at radius 2 is 2.04 bits per heavy atom. The van der Waals surface area contributed by atoms with Gasteiger partial charge in [-0.05, 0) is 24.1 Å². The average molecular weight is 323 g/mol. The molecule has 0 spiro atoms. The van der Waals surface area contributed by atoms with Gasteiger partial charge in [-0.3, -0.25) is 14.2 Å². The average Bonchev–Trinajstić information content (AvgIpc) is 3.22. The molecule has 124 valence electrons. The Morgan fingerprint density at radius 3 is 2.79 bits per heavy atom. The van der Waals surface area contributed by atoms with E-state index in [2.05, 4.69) is 22.4 Å². The molecule has 1 aromatic carbocycles. The van der Waals surface area contributed by atoms with Crippen LogP contribution in [0.3, 0.4) is 0 Å². The van der Waals surface area contributed by atoms with E-state index in [9.17, 15) is 4.79 Å². The van der Waals surface area contributed by atoms with Crippen molar-refractivity contribution in [2.75, 3.05) is 0 Å². The number of aryl methyl sites for hydroxylation is 2. The molecular formula is C18H21N5O. The van der Waals surface area contributed by atoms with Crippen molar-refractivity contribution in [2.24, 2.45) is 7.05 Å². The summed E-state index contributed by atoms with van der Waals surface area (Å²) in [5.74, 6) is -0.0935. The van der Waals surface area contributed by atoms with E-state index in [1.165, 1.54) is 0 Å². The zero-order chi connectivity index (χ0) is 16.9. The molecule has 0 aliphatic heterocycles. The monoisotopic (exact) mass is 323 g/mol. The van der Waals surface area contributed by atoms with Gasteiger partial charge in [0, 0.05) is 49.2 Å². The van der Waals surface area contributed by atoms with E-state index in [0.717, 1.165) is 29.7 Å². The van der Waals surface area contributed by atoms with Crippen LogP contribution in [-0.4, -0.2) is 25.5 Å². The number of nitrogens with one attached hydrogen (secondary N) is 1. The Hall–Kier alpha value is -2.89. The van der Waals surface area contributed by atoms with Crippen molar-refractivity contribution in [2.45, 2.75) is 26.4 Å². The molecule has 0 saturated heterocycles. The highest BCUT2D eigenvalue weighted by Gasteiger charge is 2.08. The molecule has 0 aliphatic carbocycles. The van der Waals surface area contributed by atoms with Gasteiger partial charge in [0.15, 0.2) is 0 Å². The fourth-order valence-corrected chi connectivity index (χ4v) is 2.54. The molecule has 3 aromatic rings. The molecule has 0 aliphatic rings. The number of amides is 1. The van der Waals surface area contributed by atoms with Crippen molar-refractivity contribution in [3.63, 3.8) is 0 Å². The number of rotatable bonds is 6. The maximum atomic E-state index is 12.4. The first-order valence-corrected chi connectivity index (χ1v) is 8.04. The fraction of sp³-hybridized carbons (Fsp3) is 0.278. The van der Waals surface area contributed by atoms with Crippen molar-refractivity contribution in [1.82, 2.24) is 24.9 Å². The zero-order valence-electron chi connectivity index (χ0n) is 13.9. The van der Waals surface area contributed by atoms with Crippen LogP contribution >= 0.6 is 0 Å². The van der Waals surface area contributed by atoms with E-state index >= 15 is 0 Å². The summed E-state index contributed by atoms with van der Waals surface area (Å²) in [7, 11) is 1.87. The molecule has 3 rings (SSSR count). The highest BCUT2D eigenvalue weighted by molar-refractivity contribution is 5.95. The zero-order valence-corrected chi connectivity index (χ0v) is 13.9. The summed E-state index contributed by atoms with van der Waals surface area (Å²) >= 11 is 0. The van der Waals surface area contributed by atoms with Crippen molar-refractivity contribution >= 4 is 5.91 Å². The van der Waals surface area contributed by atoms with Crippen LogP contribution in [0.5, 0.6) is 0 Å². The maximum Gasteiger partial charge on any atom is 0.251 e. The highest BCUT2D eigenvalue weighted by atomic mass is 16.1. The molecule has 0 radical (unpaired) electrons. The Bertz CT molecular complexity index is 833. The smallest absolute Gasteiger partial charge is 0.251 e. The van der Waals surface area contributed by atoms with Gasteiger partial charge in [-0.15, -0.1) is 0 Å². The first-order valence-electron chi connectivity index (χ1n) is 8.04. The van der Waals surface area contributed by atoms with Crippen LogP contribution in [-0.2, 0) is 20.1 Å². The maximum absolute atomic E-state index is 12.4. The number of hydrogen-bond acceptors (Lipinski definition) is 3. The molecule has 6 nitrogen and oxygen atoms in total. The molecule has 1 N–H and O–H groups in total. The van der Waals surface area contributed by atoms with Crippen LogP contribution in [0.2, 0.25) is 0 Å². The number of carbonyl (C=O) groups is 1. The molecule has 24 heavy (non-hydrogen) atoms. The van der Waals surface area contributed by atoms with Crippen LogP contribution in [0.25, 0.3) is 11.1 Å². The highest BCUT2D eigenvalue weighted by Crippen LogP contribution is 2.19. The third kappa shape index (κ3) is 3.71. The van der Waals surface area contributed by atoms with Gasteiger partial charge in [-0.1, -0.05) is 19.1 Å². The molecule has 0 atom stereocenters. The van der Waals surface area contributed by atoms with E-state index in [4.69, 9.17) is 0 Å². The number of nitrogens with zero attached hydrogens (tertiary/aromatic N) is 4. The van der Waals surface area contributed by atoms with Gasteiger partial charge < -0.3 is 5.32 Å². The summed E-state index contributed by atoms with van der Waals surface area (Å²) in [5.41, 5.74) is 3.61. The van der Waals surface area contributed by atoms with E-state index in [1.807, 2.05) is 48.4 Å². The van der Waals surface area contributed by atoms with Crippen LogP contribution in [0.15, 0.2) is 49.1 Å². The molecule has 6 heteroatoms. The number of aromatic nitrogens is 4. The van der Waals surface area contributed by atoms with Crippen molar-refractivity contribution < 1.29 is 4.79 Å². The lowest BCUT2D eigenvalue weighted by molar-refractivity contribution is 0.0951. The minimum atomic E-state index is -0.0935. The first kappa shape index (κ1) is 16.0. The van der Waals surface area contributed by atoms with Crippen molar-refractivity contribution in [3.05, 3.63) is 60.2 Å². The Kier molecular flexibility index (Phi) is 4.74. The Labute approximate surface area is 141 Å².